The summed E-state index contributed by atoms with van der Waals surface area (Å²) in [5, 5.41) is 4.28. The Morgan fingerprint density at radius 1 is 1.47 bits per heavy atom. The summed E-state index contributed by atoms with van der Waals surface area (Å²) in [7, 11) is 1.86. The van der Waals surface area contributed by atoms with Crippen molar-refractivity contribution in [2.24, 2.45) is 7.05 Å². The van der Waals surface area contributed by atoms with E-state index in [-0.39, 0.29) is 0 Å². The number of nitrogens with zero attached hydrogens (tertiary/aromatic N) is 3. The Labute approximate surface area is 87.6 Å². The van der Waals surface area contributed by atoms with Gasteiger partial charge in [0.25, 0.3) is 0 Å². The first-order valence-corrected chi connectivity index (χ1v) is 4.63. The van der Waals surface area contributed by atoms with Crippen LogP contribution in [0.15, 0.2) is 24.4 Å². The minimum absolute atomic E-state index is 0.565. The summed E-state index contributed by atoms with van der Waals surface area (Å²) in [6.07, 6.45) is 2.46. The molecule has 0 fully saturated rings. The largest absolute Gasteiger partial charge is 0.298 e. The number of aldehydes is 1. The van der Waals surface area contributed by atoms with Gasteiger partial charge in [-0.3, -0.25) is 14.5 Å². The summed E-state index contributed by atoms with van der Waals surface area (Å²) in [5.74, 6) is 0. The third kappa shape index (κ3) is 1.66. The molecule has 0 aromatic carbocycles. The molecule has 0 aliphatic carbocycles. The fraction of sp³-hybridized carbons (Fsp3) is 0.182. The maximum Gasteiger partial charge on any atom is 0.152 e. The van der Waals surface area contributed by atoms with E-state index in [0.717, 1.165) is 17.7 Å². The average Bonchev–Trinajstić information content (AvgIpc) is 2.59. The van der Waals surface area contributed by atoms with Crippen molar-refractivity contribution >= 4 is 6.29 Å². The van der Waals surface area contributed by atoms with Crippen molar-refractivity contribution in [3.05, 3.63) is 35.7 Å². The highest BCUT2D eigenvalue weighted by Gasteiger charge is 2.09. The van der Waals surface area contributed by atoms with E-state index in [4.69, 9.17) is 0 Å². The monoisotopic (exact) mass is 201 g/mol. The molecule has 0 atom stereocenters. The fourth-order valence-corrected chi connectivity index (χ4v) is 1.40. The number of pyridine rings is 1. The lowest BCUT2D eigenvalue weighted by Gasteiger charge is -1.98. The van der Waals surface area contributed by atoms with Gasteiger partial charge in [0, 0.05) is 24.5 Å². The number of carbonyl (C=O) groups is 1. The van der Waals surface area contributed by atoms with Gasteiger partial charge < -0.3 is 0 Å². The van der Waals surface area contributed by atoms with Gasteiger partial charge in [0.2, 0.25) is 0 Å². The van der Waals surface area contributed by atoms with E-state index >= 15 is 0 Å². The van der Waals surface area contributed by atoms with Gasteiger partial charge in [0.1, 0.15) is 11.4 Å². The molecule has 0 spiro atoms. The second-order valence-electron chi connectivity index (χ2n) is 3.35. The van der Waals surface area contributed by atoms with Crippen LogP contribution in [-0.2, 0) is 7.05 Å². The molecule has 0 bridgehead atoms. The Balaban J connectivity index is 2.58. The van der Waals surface area contributed by atoms with Crippen molar-refractivity contribution in [2.75, 3.05) is 0 Å². The number of hydrogen-bond donors (Lipinski definition) is 0. The molecule has 0 unspecified atom stereocenters. The molecule has 76 valence electrons. The number of rotatable bonds is 2. The summed E-state index contributed by atoms with van der Waals surface area (Å²) in [6.45, 7) is 1.96. The van der Waals surface area contributed by atoms with Gasteiger partial charge in [-0.2, -0.15) is 5.10 Å². The van der Waals surface area contributed by atoms with Gasteiger partial charge >= 0.3 is 0 Å². The molecule has 0 aliphatic heterocycles. The van der Waals surface area contributed by atoms with Crippen molar-refractivity contribution in [3.63, 3.8) is 0 Å². The third-order valence-corrected chi connectivity index (χ3v) is 2.32. The zero-order valence-corrected chi connectivity index (χ0v) is 8.64. The topological polar surface area (TPSA) is 47.8 Å². The second-order valence-corrected chi connectivity index (χ2v) is 3.35. The zero-order valence-electron chi connectivity index (χ0n) is 8.64. The van der Waals surface area contributed by atoms with E-state index in [9.17, 15) is 4.79 Å². The molecule has 4 heteroatoms. The number of carbonyl (C=O) groups excluding carboxylic acids is 1. The molecule has 2 aromatic rings. The SMILES string of the molecule is Cc1cc(-c2ncccc2C=O)nn1C. The number of hydrogen-bond acceptors (Lipinski definition) is 3. The van der Waals surface area contributed by atoms with Crippen LogP contribution in [0.5, 0.6) is 0 Å². The lowest BCUT2D eigenvalue weighted by atomic mass is 10.1. The highest BCUT2D eigenvalue weighted by molar-refractivity contribution is 5.84. The van der Waals surface area contributed by atoms with Gasteiger partial charge in [0.05, 0.1) is 0 Å². The molecule has 2 heterocycles. The Morgan fingerprint density at radius 2 is 2.27 bits per heavy atom. The van der Waals surface area contributed by atoms with Gasteiger partial charge in [-0.1, -0.05) is 0 Å². The van der Waals surface area contributed by atoms with Crippen molar-refractivity contribution in [3.8, 4) is 11.4 Å². The minimum atomic E-state index is 0.565. The van der Waals surface area contributed by atoms with Gasteiger partial charge in [-0.05, 0) is 25.1 Å². The predicted octanol–water partition coefficient (Wildman–Crippen LogP) is 1.60. The van der Waals surface area contributed by atoms with Crippen LogP contribution in [0.4, 0.5) is 0 Å². The van der Waals surface area contributed by atoms with Crippen molar-refractivity contribution in [2.45, 2.75) is 6.92 Å². The highest BCUT2D eigenvalue weighted by Crippen LogP contribution is 2.18. The zero-order chi connectivity index (χ0) is 10.8. The van der Waals surface area contributed by atoms with Crippen LogP contribution in [0.2, 0.25) is 0 Å². The Morgan fingerprint density at radius 3 is 2.87 bits per heavy atom. The Hall–Kier alpha value is -1.97. The normalized spacial score (nSPS) is 10.3. The van der Waals surface area contributed by atoms with E-state index in [1.54, 1.807) is 23.0 Å². The first kappa shape index (κ1) is 9.58. The molecule has 0 saturated heterocycles. The van der Waals surface area contributed by atoms with Crippen molar-refractivity contribution in [1.29, 1.82) is 0 Å². The van der Waals surface area contributed by atoms with Crippen LogP contribution < -0.4 is 0 Å². The van der Waals surface area contributed by atoms with Crippen molar-refractivity contribution in [1.82, 2.24) is 14.8 Å². The summed E-state index contributed by atoms with van der Waals surface area (Å²) in [6, 6.07) is 5.39. The Kier molecular flexibility index (Phi) is 2.33. The van der Waals surface area contributed by atoms with Crippen LogP contribution in [-0.4, -0.2) is 21.1 Å². The van der Waals surface area contributed by atoms with E-state index < -0.39 is 0 Å². The number of aromatic nitrogens is 3. The minimum Gasteiger partial charge on any atom is -0.298 e. The first-order chi connectivity index (χ1) is 7.22. The van der Waals surface area contributed by atoms with Crippen LogP contribution >= 0.6 is 0 Å². The third-order valence-electron chi connectivity index (χ3n) is 2.32. The van der Waals surface area contributed by atoms with E-state index in [1.165, 1.54) is 0 Å². The standard InChI is InChI=1S/C11H11N3O/c1-8-6-10(13-14(8)2)11-9(7-15)4-3-5-12-11/h3-7H,1-2H3. The summed E-state index contributed by atoms with van der Waals surface area (Å²) in [5.41, 5.74) is 2.97. The van der Waals surface area contributed by atoms with Gasteiger partial charge in [-0.25, -0.2) is 0 Å². The molecule has 0 amide bonds. The lowest BCUT2D eigenvalue weighted by Crippen LogP contribution is -1.94. The van der Waals surface area contributed by atoms with Crippen LogP contribution in [0, 0.1) is 6.92 Å². The molecule has 2 aromatic heterocycles. The Bertz CT molecular complexity index is 483. The van der Waals surface area contributed by atoms with Crippen LogP contribution in [0.3, 0.4) is 0 Å². The number of aryl methyl sites for hydroxylation is 2. The van der Waals surface area contributed by atoms with E-state index in [2.05, 4.69) is 10.1 Å². The highest BCUT2D eigenvalue weighted by atomic mass is 16.1. The summed E-state index contributed by atoms with van der Waals surface area (Å²) < 4.78 is 1.76. The summed E-state index contributed by atoms with van der Waals surface area (Å²) in [4.78, 5) is 15.0. The second kappa shape index (κ2) is 3.65. The maximum absolute atomic E-state index is 10.8. The van der Waals surface area contributed by atoms with Crippen molar-refractivity contribution < 1.29 is 4.79 Å². The molecule has 0 saturated carbocycles. The molecule has 15 heavy (non-hydrogen) atoms. The van der Waals surface area contributed by atoms with E-state index in [1.807, 2.05) is 20.0 Å². The predicted molar refractivity (Wildman–Crippen MR) is 56.6 cm³/mol. The van der Waals surface area contributed by atoms with Crippen LogP contribution in [0.1, 0.15) is 16.1 Å². The van der Waals surface area contributed by atoms with Gasteiger partial charge in [0.15, 0.2) is 6.29 Å². The van der Waals surface area contributed by atoms with Gasteiger partial charge in [-0.15, -0.1) is 0 Å². The molecule has 2 rings (SSSR count). The fourth-order valence-electron chi connectivity index (χ4n) is 1.40. The average molecular weight is 201 g/mol. The lowest BCUT2D eigenvalue weighted by molar-refractivity contribution is 0.112. The van der Waals surface area contributed by atoms with E-state index in [0.29, 0.717) is 11.3 Å². The molecular formula is C11H11N3O. The molecule has 0 radical (unpaired) electrons. The summed E-state index contributed by atoms with van der Waals surface area (Å²) >= 11 is 0. The maximum atomic E-state index is 10.8. The quantitative estimate of drug-likeness (QED) is 0.693. The molecule has 0 N–H and O–H groups in total. The molecule has 0 aliphatic rings. The smallest absolute Gasteiger partial charge is 0.152 e. The first-order valence-electron chi connectivity index (χ1n) is 4.63. The molecule has 4 nitrogen and oxygen atoms in total. The van der Waals surface area contributed by atoms with Crippen LogP contribution in [0.25, 0.3) is 11.4 Å². The molecular weight excluding hydrogens is 190 g/mol.